The molecule has 0 spiro atoms. The predicted octanol–water partition coefficient (Wildman–Crippen LogP) is 1.38. The minimum absolute atomic E-state index is 0.00392. The average molecular weight is 403 g/mol. The van der Waals surface area contributed by atoms with Gasteiger partial charge >= 0.3 is 0 Å². The lowest BCUT2D eigenvalue weighted by Gasteiger charge is -2.33. The lowest BCUT2D eigenvalue weighted by atomic mass is 10.3. The third kappa shape index (κ3) is 4.03. The molecular formula is C15H20ClFN6O2S. The molecule has 1 aromatic carbocycles. The van der Waals surface area contributed by atoms with E-state index < -0.39 is 15.8 Å². The third-order valence-electron chi connectivity index (χ3n) is 4.27. The second-order valence-corrected chi connectivity index (χ2v) is 8.42. The molecular weight excluding hydrogens is 383 g/mol. The van der Waals surface area contributed by atoms with Crippen molar-refractivity contribution in [1.82, 2.24) is 29.4 Å². The zero-order chi connectivity index (χ0) is 18.7. The topological polar surface area (TPSA) is 84.2 Å². The van der Waals surface area contributed by atoms with Gasteiger partial charge in [0.05, 0.1) is 16.5 Å². The van der Waals surface area contributed by atoms with Crippen LogP contribution in [0.3, 0.4) is 0 Å². The summed E-state index contributed by atoms with van der Waals surface area (Å²) in [6.07, 6.45) is 0.935. The fraction of sp³-hybridized carbons (Fsp3) is 0.533. The number of hydrogen-bond acceptors (Lipinski definition) is 6. The van der Waals surface area contributed by atoms with Crippen molar-refractivity contribution in [3.05, 3.63) is 34.9 Å². The smallest absolute Gasteiger partial charge is 0.243 e. The molecule has 1 fully saturated rings. The van der Waals surface area contributed by atoms with E-state index in [4.69, 9.17) is 11.6 Å². The van der Waals surface area contributed by atoms with Crippen molar-refractivity contribution in [3.63, 3.8) is 0 Å². The van der Waals surface area contributed by atoms with E-state index >= 15 is 0 Å². The maximum Gasteiger partial charge on any atom is 0.243 e. The Balaban J connectivity index is 1.64. The Morgan fingerprint density at radius 3 is 2.62 bits per heavy atom. The van der Waals surface area contributed by atoms with Crippen LogP contribution in [0.1, 0.15) is 19.2 Å². The van der Waals surface area contributed by atoms with Crippen LogP contribution in [-0.2, 0) is 23.1 Å². The van der Waals surface area contributed by atoms with Crippen molar-refractivity contribution in [2.75, 3.05) is 26.2 Å². The summed E-state index contributed by atoms with van der Waals surface area (Å²) in [4.78, 5) is 2.12. The Labute approximate surface area is 156 Å². The van der Waals surface area contributed by atoms with Crippen LogP contribution in [0.4, 0.5) is 4.39 Å². The highest BCUT2D eigenvalue weighted by Gasteiger charge is 2.29. The van der Waals surface area contributed by atoms with Crippen molar-refractivity contribution in [2.24, 2.45) is 0 Å². The number of aryl methyl sites for hydroxylation is 1. The summed E-state index contributed by atoms with van der Waals surface area (Å²) >= 11 is 5.71. The first-order valence-electron chi connectivity index (χ1n) is 8.34. The summed E-state index contributed by atoms with van der Waals surface area (Å²) in [5, 5.41) is 11.5. The summed E-state index contributed by atoms with van der Waals surface area (Å²) in [6, 6.07) is 3.46. The van der Waals surface area contributed by atoms with E-state index in [1.54, 1.807) is 4.68 Å². The van der Waals surface area contributed by atoms with Gasteiger partial charge in [-0.25, -0.2) is 17.5 Å². The average Bonchev–Trinajstić information content (AvgIpc) is 3.05. The van der Waals surface area contributed by atoms with Crippen molar-refractivity contribution < 1.29 is 12.8 Å². The zero-order valence-corrected chi connectivity index (χ0v) is 15.9. The number of benzene rings is 1. The van der Waals surface area contributed by atoms with E-state index in [0.29, 0.717) is 32.7 Å². The Morgan fingerprint density at radius 1 is 1.23 bits per heavy atom. The lowest BCUT2D eigenvalue weighted by molar-refractivity contribution is 0.175. The fourth-order valence-corrected chi connectivity index (χ4v) is 4.53. The van der Waals surface area contributed by atoms with Crippen molar-refractivity contribution in [2.45, 2.75) is 31.3 Å². The summed E-state index contributed by atoms with van der Waals surface area (Å²) in [5.41, 5.74) is 0. The van der Waals surface area contributed by atoms with E-state index in [9.17, 15) is 12.8 Å². The molecule has 142 valence electrons. The SMILES string of the molecule is CCCn1nnnc1CN1CCN(S(=O)(=O)c2ccc(F)c(Cl)c2)CC1. The molecule has 0 atom stereocenters. The highest BCUT2D eigenvalue weighted by molar-refractivity contribution is 7.89. The second kappa shape index (κ2) is 7.95. The first-order valence-corrected chi connectivity index (χ1v) is 10.2. The summed E-state index contributed by atoms with van der Waals surface area (Å²) in [5.74, 6) is 0.133. The number of aromatic nitrogens is 4. The van der Waals surface area contributed by atoms with Crippen LogP contribution in [-0.4, -0.2) is 64.0 Å². The molecule has 0 bridgehead atoms. The molecule has 0 unspecified atom stereocenters. The van der Waals surface area contributed by atoms with Crippen molar-refractivity contribution in [1.29, 1.82) is 0 Å². The number of hydrogen-bond donors (Lipinski definition) is 0. The number of halogens is 2. The second-order valence-electron chi connectivity index (χ2n) is 6.07. The number of tetrazole rings is 1. The van der Waals surface area contributed by atoms with Crippen LogP contribution < -0.4 is 0 Å². The van der Waals surface area contributed by atoms with Gasteiger partial charge in [-0.3, -0.25) is 4.90 Å². The quantitative estimate of drug-likeness (QED) is 0.725. The molecule has 11 heteroatoms. The van der Waals surface area contributed by atoms with Gasteiger partial charge in [-0.05, 0) is 35.0 Å². The van der Waals surface area contributed by atoms with Crippen LogP contribution in [0.2, 0.25) is 5.02 Å². The lowest BCUT2D eigenvalue weighted by Crippen LogP contribution is -2.48. The minimum atomic E-state index is -3.69. The third-order valence-corrected chi connectivity index (χ3v) is 6.45. The standard InChI is InChI=1S/C15H20ClFN6O2S/c1-2-5-23-15(18-19-20-23)11-21-6-8-22(9-7-21)26(24,25)12-3-4-14(17)13(16)10-12/h3-4,10H,2,5-9,11H2,1H3. The van der Waals surface area contributed by atoms with E-state index in [0.717, 1.165) is 30.9 Å². The largest absolute Gasteiger partial charge is 0.293 e. The Hall–Kier alpha value is -1.62. The van der Waals surface area contributed by atoms with E-state index in [1.807, 2.05) is 0 Å². The van der Waals surface area contributed by atoms with Crippen LogP contribution in [0, 0.1) is 5.82 Å². The van der Waals surface area contributed by atoms with Gasteiger partial charge in [0.25, 0.3) is 0 Å². The monoisotopic (exact) mass is 402 g/mol. The molecule has 0 N–H and O–H groups in total. The van der Waals surface area contributed by atoms with Crippen LogP contribution in [0.5, 0.6) is 0 Å². The fourth-order valence-electron chi connectivity index (χ4n) is 2.84. The van der Waals surface area contributed by atoms with Gasteiger partial charge in [0.2, 0.25) is 10.0 Å². The molecule has 0 radical (unpaired) electrons. The predicted molar refractivity (Wildman–Crippen MR) is 93.6 cm³/mol. The zero-order valence-electron chi connectivity index (χ0n) is 14.3. The number of rotatable bonds is 6. The van der Waals surface area contributed by atoms with E-state index in [2.05, 4.69) is 27.3 Å². The van der Waals surface area contributed by atoms with Gasteiger partial charge in [0.1, 0.15) is 5.82 Å². The molecule has 2 heterocycles. The van der Waals surface area contributed by atoms with Gasteiger partial charge in [0.15, 0.2) is 5.82 Å². The molecule has 1 aliphatic heterocycles. The Morgan fingerprint density at radius 2 is 1.96 bits per heavy atom. The first kappa shape index (κ1) is 19.2. The van der Waals surface area contributed by atoms with Gasteiger partial charge in [-0.1, -0.05) is 18.5 Å². The molecule has 1 aromatic heterocycles. The maximum absolute atomic E-state index is 13.3. The van der Waals surface area contributed by atoms with Crippen LogP contribution in [0.15, 0.2) is 23.1 Å². The minimum Gasteiger partial charge on any atom is -0.293 e. The van der Waals surface area contributed by atoms with Crippen LogP contribution >= 0.6 is 11.6 Å². The van der Waals surface area contributed by atoms with Crippen LogP contribution in [0.25, 0.3) is 0 Å². The maximum atomic E-state index is 13.3. The van der Waals surface area contributed by atoms with Crippen molar-refractivity contribution >= 4 is 21.6 Å². The molecule has 1 aliphatic rings. The van der Waals surface area contributed by atoms with E-state index in [-0.39, 0.29) is 9.92 Å². The number of piperazine rings is 1. The molecule has 2 aromatic rings. The number of sulfonamides is 1. The van der Waals surface area contributed by atoms with Gasteiger partial charge in [-0.15, -0.1) is 5.10 Å². The molecule has 0 amide bonds. The summed E-state index contributed by atoms with van der Waals surface area (Å²) < 4.78 is 41.8. The summed E-state index contributed by atoms with van der Waals surface area (Å²) in [7, 11) is -3.69. The molecule has 0 saturated carbocycles. The van der Waals surface area contributed by atoms with Gasteiger partial charge in [-0.2, -0.15) is 4.31 Å². The highest BCUT2D eigenvalue weighted by Crippen LogP contribution is 2.23. The van der Waals surface area contributed by atoms with Gasteiger partial charge in [0, 0.05) is 32.7 Å². The molecule has 3 rings (SSSR count). The Bertz CT molecular complexity index is 867. The highest BCUT2D eigenvalue weighted by atomic mass is 35.5. The molecule has 26 heavy (non-hydrogen) atoms. The van der Waals surface area contributed by atoms with Crippen molar-refractivity contribution in [3.8, 4) is 0 Å². The normalized spacial score (nSPS) is 16.9. The summed E-state index contributed by atoms with van der Waals surface area (Å²) in [6.45, 7) is 5.18. The molecule has 1 saturated heterocycles. The van der Waals surface area contributed by atoms with E-state index in [1.165, 1.54) is 10.4 Å². The number of nitrogens with zero attached hydrogens (tertiary/aromatic N) is 6. The van der Waals surface area contributed by atoms with Gasteiger partial charge < -0.3 is 0 Å². The Kier molecular flexibility index (Phi) is 5.86. The molecule has 0 aliphatic carbocycles. The first-order chi connectivity index (χ1) is 12.4. The molecule has 8 nitrogen and oxygen atoms in total.